The minimum Gasteiger partial charge on any atom is -0.494 e. The largest absolute Gasteiger partial charge is 0.494 e. The maximum Gasteiger partial charge on any atom is 0.332 e. The van der Waals surface area contributed by atoms with E-state index in [1.165, 1.54) is 83.5 Å². The molecule has 0 fully saturated rings. The molecule has 38 heavy (non-hydrogen) atoms. The predicted molar refractivity (Wildman–Crippen MR) is 161 cm³/mol. The number of pyridine rings is 1. The first-order valence-corrected chi connectivity index (χ1v) is 16.6. The van der Waals surface area contributed by atoms with Crippen LogP contribution in [0.5, 0.6) is 5.75 Å². The molecule has 212 valence electrons. The van der Waals surface area contributed by atoms with E-state index in [-0.39, 0.29) is 12.8 Å². The third-order valence-electron chi connectivity index (χ3n) is 6.65. The molecule has 1 unspecified atom stereocenters. The van der Waals surface area contributed by atoms with E-state index in [9.17, 15) is 9.46 Å². The van der Waals surface area contributed by atoms with Crippen LogP contribution in [0.25, 0.3) is 12.2 Å². The summed E-state index contributed by atoms with van der Waals surface area (Å²) in [6.07, 6.45) is 24.6. The van der Waals surface area contributed by atoms with E-state index >= 15 is 0 Å². The molecule has 1 atom stereocenters. The normalized spacial score (nSPS) is 13.1. The van der Waals surface area contributed by atoms with Crippen LogP contribution in [-0.4, -0.2) is 23.1 Å². The number of ether oxygens (including phenoxy) is 1. The summed E-state index contributed by atoms with van der Waals surface area (Å²) < 4.78 is 22.7. The van der Waals surface area contributed by atoms with Gasteiger partial charge in [-0.1, -0.05) is 115 Å². The van der Waals surface area contributed by atoms with Gasteiger partial charge >= 0.3 is 7.60 Å². The highest BCUT2D eigenvalue weighted by Gasteiger charge is 2.19. The Labute approximate surface area is 231 Å². The van der Waals surface area contributed by atoms with Gasteiger partial charge in [0.15, 0.2) is 0 Å². The summed E-state index contributed by atoms with van der Waals surface area (Å²) in [6.45, 7) is 4.97. The molecule has 1 aromatic carbocycles. The molecule has 0 bridgehead atoms. The SMILES string of the molecule is CCCCCCCCCCCCCCCCOc1ccc(/C=C/c2ccc(CP(=O)(O)OCC)cn2)cc1. The van der Waals surface area contributed by atoms with Gasteiger partial charge in [0.25, 0.3) is 0 Å². The van der Waals surface area contributed by atoms with E-state index in [1.54, 1.807) is 13.1 Å². The van der Waals surface area contributed by atoms with Crippen LogP contribution in [0, 0.1) is 0 Å². The fourth-order valence-corrected chi connectivity index (χ4v) is 5.59. The lowest BCUT2D eigenvalue weighted by molar-refractivity contribution is 0.272. The molecule has 0 spiro atoms. The summed E-state index contributed by atoms with van der Waals surface area (Å²) in [4.78, 5) is 14.1. The molecule has 6 heteroatoms. The Morgan fingerprint density at radius 2 is 1.34 bits per heavy atom. The van der Waals surface area contributed by atoms with Crippen LogP contribution in [-0.2, 0) is 15.3 Å². The van der Waals surface area contributed by atoms with Crippen molar-refractivity contribution in [3.05, 3.63) is 59.4 Å². The highest BCUT2D eigenvalue weighted by atomic mass is 31.2. The second-order valence-electron chi connectivity index (χ2n) is 10.2. The minimum atomic E-state index is -3.59. The predicted octanol–water partition coefficient (Wildman–Crippen LogP) is 9.83. The van der Waals surface area contributed by atoms with Gasteiger partial charge in [-0.3, -0.25) is 9.55 Å². The van der Waals surface area contributed by atoms with Crippen LogP contribution in [0.1, 0.15) is 121 Å². The van der Waals surface area contributed by atoms with Gasteiger partial charge in [-0.15, -0.1) is 0 Å². The van der Waals surface area contributed by atoms with Crippen molar-refractivity contribution in [2.24, 2.45) is 0 Å². The van der Waals surface area contributed by atoms with Gasteiger partial charge in [0, 0.05) is 6.20 Å². The second-order valence-corrected chi connectivity index (χ2v) is 12.0. The van der Waals surface area contributed by atoms with Gasteiger partial charge in [0.1, 0.15) is 5.75 Å². The number of unbranched alkanes of at least 4 members (excludes halogenated alkanes) is 13. The fraction of sp³-hybridized carbons (Fsp3) is 0.594. The van der Waals surface area contributed by atoms with Gasteiger partial charge in [-0.05, 0) is 48.7 Å². The van der Waals surface area contributed by atoms with Gasteiger partial charge in [-0.25, -0.2) is 0 Å². The molecule has 0 aliphatic carbocycles. The van der Waals surface area contributed by atoms with E-state index in [1.807, 2.05) is 48.6 Å². The lowest BCUT2D eigenvalue weighted by atomic mass is 10.0. The summed E-state index contributed by atoms with van der Waals surface area (Å²) in [5.74, 6) is 0.905. The van der Waals surface area contributed by atoms with E-state index in [0.29, 0.717) is 5.56 Å². The third kappa shape index (κ3) is 15.5. The quantitative estimate of drug-likeness (QED) is 0.118. The number of hydrogen-bond donors (Lipinski definition) is 1. The number of hydrogen-bond acceptors (Lipinski definition) is 4. The van der Waals surface area contributed by atoms with Crippen molar-refractivity contribution in [3.8, 4) is 5.75 Å². The van der Waals surface area contributed by atoms with Gasteiger partial charge in [0.05, 0.1) is 25.1 Å². The smallest absolute Gasteiger partial charge is 0.332 e. The first-order chi connectivity index (χ1) is 18.5. The molecule has 0 radical (unpaired) electrons. The molecule has 0 saturated carbocycles. The minimum absolute atomic E-state index is 0.0291. The molecule has 0 saturated heterocycles. The van der Waals surface area contributed by atoms with Crippen LogP contribution in [0.2, 0.25) is 0 Å². The molecule has 0 amide bonds. The Hall–Kier alpha value is -1.94. The Bertz CT molecular complexity index is 927. The van der Waals surface area contributed by atoms with Gasteiger partial charge < -0.3 is 14.2 Å². The lowest BCUT2D eigenvalue weighted by Gasteiger charge is -2.10. The Morgan fingerprint density at radius 3 is 1.87 bits per heavy atom. The topological polar surface area (TPSA) is 68.7 Å². The molecular weight excluding hydrogens is 493 g/mol. The van der Waals surface area contributed by atoms with Crippen molar-refractivity contribution in [2.75, 3.05) is 13.2 Å². The molecule has 5 nitrogen and oxygen atoms in total. The van der Waals surface area contributed by atoms with Crippen LogP contribution in [0.4, 0.5) is 0 Å². The summed E-state index contributed by atoms with van der Waals surface area (Å²) >= 11 is 0. The second kappa shape index (κ2) is 20.0. The average Bonchev–Trinajstić information content (AvgIpc) is 2.91. The van der Waals surface area contributed by atoms with Crippen LogP contribution < -0.4 is 4.74 Å². The number of rotatable bonds is 22. The number of nitrogens with zero attached hydrogens (tertiary/aromatic N) is 1. The summed E-state index contributed by atoms with van der Waals surface area (Å²) in [5, 5.41) is 0. The average molecular weight is 544 g/mol. The summed E-state index contributed by atoms with van der Waals surface area (Å²) in [5.41, 5.74) is 2.54. The molecule has 1 heterocycles. The maximum atomic E-state index is 11.9. The summed E-state index contributed by atoms with van der Waals surface area (Å²) in [6, 6.07) is 11.7. The van der Waals surface area contributed by atoms with Crippen molar-refractivity contribution in [1.29, 1.82) is 0 Å². The first-order valence-electron chi connectivity index (χ1n) is 14.8. The van der Waals surface area contributed by atoms with Crippen LogP contribution >= 0.6 is 7.60 Å². The molecule has 2 aromatic rings. The van der Waals surface area contributed by atoms with E-state index in [0.717, 1.165) is 30.0 Å². The zero-order valence-corrected chi connectivity index (χ0v) is 24.7. The Balaban J connectivity index is 1.52. The van der Waals surface area contributed by atoms with Crippen molar-refractivity contribution < 1.29 is 18.7 Å². The zero-order valence-electron chi connectivity index (χ0n) is 23.8. The first kappa shape index (κ1) is 32.3. The lowest BCUT2D eigenvalue weighted by Crippen LogP contribution is -1.97. The molecule has 0 aliphatic rings. The standard InChI is InChI=1S/C32H50NO4P/c1-3-5-6-7-8-9-10-11-12-13-14-15-16-17-26-36-32-24-20-29(21-25-32)18-22-31-23-19-30(27-33-31)28-38(34,35)37-4-2/h18-25,27H,3-17,26,28H2,1-2H3,(H,34,35)/b22-18+. The van der Waals surface area contributed by atoms with E-state index in [4.69, 9.17) is 9.26 Å². The molecule has 0 aliphatic heterocycles. The van der Waals surface area contributed by atoms with Crippen LogP contribution in [0.3, 0.4) is 0 Å². The third-order valence-corrected chi connectivity index (χ3v) is 8.08. The van der Waals surface area contributed by atoms with Crippen molar-refractivity contribution >= 4 is 19.7 Å². The van der Waals surface area contributed by atoms with E-state index in [2.05, 4.69) is 11.9 Å². The molecule has 1 N–H and O–H groups in total. The highest BCUT2D eigenvalue weighted by Crippen LogP contribution is 2.45. The van der Waals surface area contributed by atoms with Gasteiger partial charge in [0.2, 0.25) is 0 Å². The zero-order chi connectivity index (χ0) is 27.3. The molecule has 1 aromatic heterocycles. The Kier molecular flexibility index (Phi) is 17.0. The highest BCUT2D eigenvalue weighted by molar-refractivity contribution is 7.51. The maximum absolute atomic E-state index is 11.9. The van der Waals surface area contributed by atoms with E-state index < -0.39 is 7.60 Å². The van der Waals surface area contributed by atoms with Gasteiger partial charge in [-0.2, -0.15) is 0 Å². The summed E-state index contributed by atoms with van der Waals surface area (Å²) in [7, 11) is -3.59. The van der Waals surface area contributed by atoms with Crippen molar-refractivity contribution in [3.63, 3.8) is 0 Å². The monoisotopic (exact) mass is 543 g/mol. The molecule has 2 rings (SSSR count). The number of aromatic nitrogens is 1. The fourth-order valence-electron chi connectivity index (χ4n) is 4.45. The van der Waals surface area contributed by atoms with Crippen molar-refractivity contribution in [2.45, 2.75) is 110 Å². The molecular formula is C32H50NO4P. The van der Waals surface area contributed by atoms with Crippen LogP contribution in [0.15, 0.2) is 42.6 Å². The Morgan fingerprint density at radius 1 is 0.763 bits per heavy atom. The van der Waals surface area contributed by atoms with Crippen molar-refractivity contribution in [1.82, 2.24) is 4.98 Å². The number of benzene rings is 1.